The van der Waals surface area contributed by atoms with Gasteiger partial charge in [-0.3, -0.25) is 9.97 Å². The minimum absolute atomic E-state index is 0.0174. The van der Waals surface area contributed by atoms with E-state index in [1.54, 1.807) is 60.7 Å². The third-order valence-corrected chi connectivity index (χ3v) is 6.23. The lowest BCUT2D eigenvalue weighted by Gasteiger charge is -2.16. The highest BCUT2D eigenvalue weighted by molar-refractivity contribution is 5.09. The molecule has 0 saturated heterocycles. The van der Waals surface area contributed by atoms with Gasteiger partial charge in [-0.25, -0.2) is 34.3 Å². The van der Waals surface area contributed by atoms with Gasteiger partial charge in [-0.15, -0.1) is 0 Å². The van der Waals surface area contributed by atoms with Crippen molar-refractivity contribution in [3.63, 3.8) is 0 Å². The average molecular weight is 688 g/mol. The average Bonchev–Trinajstić information content (AvgIpc) is 3.59. The molecule has 0 unspecified atom stereocenters. The van der Waals surface area contributed by atoms with Gasteiger partial charge in [0.1, 0.15) is 18.0 Å². The summed E-state index contributed by atoms with van der Waals surface area (Å²) >= 11 is 0. The Bertz CT molecular complexity index is 1460. The SMILES string of the molecule is CC(C)(C)c1ccncn1.CC(C)(C)c1cnccn1.CC(C)(C)c1ncc(F)cn1.CC(C)(C)c1ncccn1.CC(C)(C)n1nccn1. The zero-order chi connectivity index (χ0) is 38.2. The standard InChI is InChI=1S/C8H11FN2.3C8H12N2.C6H11N3/c1-8(2,3)7-10-4-6(9)5-11-7;1-8(2,3)7-6-9-4-5-10-7;1-8(2,3)7-4-5-9-6-10-7;1-8(2,3)7-9-5-4-6-10-7;1-6(2,3)9-7-4-5-8-9/h4-5H,1-3H3;3*4-6H,1-3H3;4-5H,1-3H3. The van der Waals surface area contributed by atoms with Crippen LogP contribution in [0.15, 0.2) is 80.4 Å². The first-order chi connectivity index (χ1) is 22.9. The van der Waals surface area contributed by atoms with Crippen LogP contribution in [-0.2, 0) is 27.2 Å². The molecule has 50 heavy (non-hydrogen) atoms. The lowest BCUT2D eigenvalue weighted by atomic mass is 9.92. The molecule has 272 valence electrons. The summed E-state index contributed by atoms with van der Waals surface area (Å²) in [4.78, 5) is 33.9. The molecule has 0 amide bonds. The van der Waals surface area contributed by atoms with E-state index in [9.17, 15) is 4.39 Å². The van der Waals surface area contributed by atoms with Crippen molar-refractivity contribution < 1.29 is 4.39 Å². The van der Waals surface area contributed by atoms with E-state index in [1.807, 2.05) is 32.9 Å². The highest BCUT2D eigenvalue weighted by Gasteiger charge is 2.17. The lowest BCUT2D eigenvalue weighted by Crippen LogP contribution is -2.24. The predicted octanol–water partition coefficient (Wildman–Crippen LogP) is 8.27. The van der Waals surface area contributed by atoms with Crippen LogP contribution >= 0.6 is 0 Å². The van der Waals surface area contributed by atoms with E-state index in [0.29, 0.717) is 5.82 Å². The summed E-state index contributed by atoms with van der Waals surface area (Å²) in [5, 5.41) is 7.99. The van der Waals surface area contributed by atoms with Crippen molar-refractivity contribution in [3.05, 3.63) is 109 Å². The van der Waals surface area contributed by atoms with Crippen molar-refractivity contribution in [2.45, 2.75) is 131 Å². The van der Waals surface area contributed by atoms with Crippen LogP contribution in [0.5, 0.6) is 0 Å². The monoisotopic (exact) mass is 687 g/mol. The fourth-order valence-corrected chi connectivity index (χ4v) is 3.37. The van der Waals surface area contributed by atoms with E-state index in [4.69, 9.17) is 0 Å². The van der Waals surface area contributed by atoms with E-state index >= 15 is 0 Å². The number of hydrogen-bond donors (Lipinski definition) is 0. The molecule has 5 aromatic heterocycles. The van der Waals surface area contributed by atoms with Gasteiger partial charge in [-0.1, -0.05) is 83.1 Å². The molecule has 0 aliphatic carbocycles. The largest absolute Gasteiger partial charge is 0.261 e. The molecule has 0 radical (unpaired) electrons. The van der Waals surface area contributed by atoms with Crippen LogP contribution in [0.1, 0.15) is 127 Å². The molecular formula is C38H58FN11. The van der Waals surface area contributed by atoms with Gasteiger partial charge in [0.2, 0.25) is 0 Å². The molecule has 0 aliphatic rings. The van der Waals surface area contributed by atoms with Gasteiger partial charge < -0.3 is 0 Å². The van der Waals surface area contributed by atoms with Crippen molar-refractivity contribution in [1.29, 1.82) is 0 Å². The highest BCUT2D eigenvalue weighted by Crippen LogP contribution is 2.19. The summed E-state index contributed by atoms with van der Waals surface area (Å²) in [7, 11) is 0. The number of hydrogen-bond acceptors (Lipinski definition) is 10. The molecular weight excluding hydrogens is 629 g/mol. The van der Waals surface area contributed by atoms with E-state index in [0.717, 1.165) is 17.2 Å². The second-order valence-corrected chi connectivity index (χ2v) is 16.5. The Kier molecular flexibility index (Phi) is 16.5. The number of aromatic nitrogens is 11. The predicted molar refractivity (Wildman–Crippen MR) is 198 cm³/mol. The fourth-order valence-electron chi connectivity index (χ4n) is 3.37. The van der Waals surface area contributed by atoms with Crippen molar-refractivity contribution in [3.8, 4) is 0 Å². The second kappa shape index (κ2) is 19.0. The Labute approximate surface area is 299 Å². The van der Waals surface area contributed by atoms with Gasteiger partial charge in [0.05, 0.1) is 36.0 Å². The Morgan fingerprint density at radius 2 is 0.960 bits per heavy atom. The summed E-state index contributed by atoms with van der Waals surface area (Å²) in [5.41, 5.74) is 2.37. The molecule has 5 rings (SSSR count). The van der Waals surface area contributed by atoms with Crippen molar-refractivity contribution in [2.24, 2.45) is 0 Å². The summed E-state index contributed by atoms with van der Waals surface area (Å²) in [6, 6.07) is 3.77. The molecule has 0 saturated carbocycles. The van der Waals surface area contributed by atoms with Crippen LogP contribution in [0.25, 0.3) is 0 Å². The second-order valence-electron chi connectivity index (χ2n) is 16.5. The number of nitrogens with zero attached hydrogens (tertiary/aromatic N) is 11. The molecule has 0 bridgehead atoms. The Morgan fingerprint density at radius 1 is 0.460 bits per heavy atom. The van der Waals surface area contributed by atoms with Gasteiger partial charge in [-0.05, 0) is 32.9 Å². The van der Waals surface area contributed by atoms with Crippen molar-refractivity contribution in [2.75, 3.05) is 0 Å². The molecule has 0 aromatic carbocycles. The normalized spacial score (nSPS) is 11.6. The lowest BCUT2D eigenvalue weighted by molar-refractivity contribution is 0.312. The molecule has 11 nitrogen and oxygen atoms in total. The highest BCUT2D eigenvalue weighted by atomic mass is 19.1. The summed E-state index contributed by atoms with van der Waals surface area (Å²) < 4.78 is 12.3. The number of halogens is 1. The molecule has 0 N–H and O–H groups in total. The van der Waals surface area contributed by atoms with Crippen LogP contribution in [0.2, 0.25) is 0 Å². The Hall–Kier alpha value is -4.61. The van der Waals surface area contributed by atoms with E-state index in [2.05, 4.69) is 133 Å². The minimum atomic E-state index is -0.391. The fraction of sp³-hybridized carbons (Fsp3) is 0.526. The summed E-state index contributed by atoms with van der Waals surface area (Å²) in [5.74, 6) is 1.17. The van der Waals surface area contributed by atoms with Crippen LogP contribution in [0.4, 0.5) is 4.39 Å². The van der Waals surface area contributed by atoms with Gasteiger partial charge in [-0.2, -0.15) is 15.0 Å². The van der Waals surface area contributed by atoms with Crippen molar-refractivity contribution >= 4 is 0 Å². The summed E-state index contributed by atoms with van der Waals surface area (Å²) in [6.45, 7) is 31.2. The zero-order valence-electron chi connectivity index (χ0n) is 32.8. The Morgan fingerprint density at radius 3 is 1.26 bits per heavy atom. The third kappa shape index (κ3) is 17.7. The molecule has 0 aliphatic heterocycles. The molecule has 12 heteroatoms. The Balaban J connectivity index is 0.000000313. The molecule has 0 atom stereocenters. The maximum absolute atomic E-state index is 12.3. The maximum Gasteiger partial charge on any atom is 0.159 e. The van der Waals surface area contributed by atoms with Gasteiger partial charge in [0.25, 0.3) is 0 Å². The topological polar surface area (TPSA) is 134 Å². The van der Waals surface area contributed by atoms with Crippen LogP contribution in [0.3, 0.4) is 0 Å². The van der Waals surface area contributed by atoms with Crippen molar-refractivity contribution in [1.82, 2.24) is 54.9 Å². The van der Waals surface area contributed by atoms with Crippen LogP contribution in [-0.4, -0.2) is 54.9 Å². The zero-order valence-corrected chi connectivity index (χ0v) is 32.8. The molecule has 0 spiro atoms. The maximum atomic E-state index is 12.3. The van der Waals surface area contributed by atoms with E-state index < -0.39 is 5.82 Å². The molecule has 5 heterocycles. The first-order valence-electron chi connectivity index (χ1n) is 16.6. The smallest absolute Gasteiger partial charge is 0.159 e. The first kappa shape index (κ1) is 43.4. The first-order valence-corrected chi connectivity index (χ1v) is 16.6. The minimum Gasteiger partial charge on any atom is -0.261 e. The van der Waals surface area contributed by atoms with Gasteiger partial charge in [0, 0.05) is 64.5 Å². The molecule has 0 fully saturated rings. The van der Waals surface area contributed by atoms with Gasteiger partial charge in [0.15, 0.2) is 5.82 Å². The molecule has 5 aromatic rings. The quantitative estimate of drug-likeness (QED) is 0.157. The van der Waals surface area contributed by atoms with E-state index in [1.165, 1.54) is 12.4 Å². The van der Waals surface area contributed by atoms with Gasteiger partial charge >= 0.3 is 0 Å². The van der Waals surface area contributed by atoms with E-state index in [-0.39, 0.29) is 27.2 Å². The number of rotatable bonds is 0. The van der Waals surface area contributed by atoms with Crippen LogP contribution in [0, 0.1) is 5.82 Å². The van der Waals surface area contributed by atoms with Crippen LogP contribution < -0.4 is 0 Å². The summed E-state index contributed by atoms with van der Waals surface area (Å²) in [6.07, 6.45) is 17.9. The third-order valence-electron chi connectivity index (χ3n) is 6.23.